The highest BCUT2D eigenvalue weighted by Gasteiger charge is 2.23. The van der Waals surface area contributed by atoms with E-state index in [1.807, 2.05) is 28.7 Å². The van der Waals surface area contributed by atoms with Crippen LogP contribution in [-0.2, 0) is 4.79 Å². The first kappa shape index (κ1) is 24.5. The fourth-order valence-electron chi connectivity index (χ4n) is 2.54. The Hall–Kier alpha value is -3.73. The van der Waals surface area contributed by atoms with E-state index in [4.69, 9.17) is 9.47 Å². The van der Waals surface area contributed by atoms with Crippen LogP contribution in [0.2, 0.25) is 0 Å². The van der Waals surface area contributed by atoms with E-state index in [1.54, 1.807) is 19.9 Å². The average molecular weight is 552 g/mol. The molecule has 0 aliphatic heterocycles. The average Bonchev–Trinajstić information content (AvgIpc) is 2.72. The van der Waals surface area contributed by atoms with Crippen LogP contribution in [0.1, 0.15) is 19.4 Å². The molecule has 2 rings (SSSR count). The standard InChI is InChI=1S/C20H17IN4O7/c1-11(2)23-20(26)13(10-22)6-12-7-15(21)19(18(8-12)31-3)32-17-5-4-14(24(27)28)9-16(17)25(29)30/h4-9,11H,1-3H3,(H,23,26)/b13-6+. The monoisotopic (exact) mass is 552 g/mol. The van der Waals surface area contributed by atoms with E-state index in [-0.39, 0.29) is 28.9 Å². The Kier molecular flexibility index (Phi) is 8.08. The summed E-state index contributed by atoms with van der Waals surface area (Å²) in [6.45, 7) is 3.53. The number of benzene rings is 2. The van der Waals surface area contributed by atoms with E-state index < -0.39 is 27.1 Å². The molecule has 0 spiro atoms. The van der Waals surface area contributed by atoms with Gasteiger partial charge in [0.25, 0.3) is 11.6 Å². The molecule has 2 aromatic rings. The van der Waals surface area contributed by atoms with Crippen LogP contribution in [0.4, 0.5) is 11.4 Å². The van der Waals surface area contributed by atoms with Crippen LogP contribution in [0.3, 0.4) is 0 Å². The number of methoxy groups -OCH3 is 1. The molecule has 0 atom stereocenters. The largest absolute Gasteiger partial charge is 0.493 e. The molecule has 0 aliphatic rings. The smallest absolute Gasteiger partial charge is 0.318 e. The molecule has 0 unspecified atom stereocenters. The molecule has 0 aliphatic carbocycles. The van der Waals surface area contributed by atoms with Gasteiger partial charge in [-0.15, -0.1) is 0 Å². The number of carbonyl (C=O) groups is 1. The third kappa shape index (κ3) is 5.91. The Morgan fingerprint density at radius 2 is 1.88 bits per heavy atom. The van der Waals surface area contributed by atoms with Crippen LogP contribution in [0.25, 0.3) is 6.08 Å². The number of non-ortho nitro benzene ring substituents is 1. The minimum absolute atomic E-state index is 0.115. The van der Waals surface area contributed by atoms with Crippen molar-refractivity contribution in [3.8, 4) is 23.3 Å². The predicted octanol–water partition coefficient (Wildman–Crippen LogP) is 4.34. The van der Waals surface area contributed by atoms with Crippen LogP contribution >= 0.6 is 22.6 Å². The fraction of sp³-hybridized carbons (Fsp3) is 0.200. The third-order valence-electron chi connectivity index (χ3n) is 3.91. The molecule has 0 radical (unpaired) electrons. The first-order valence-electron chi connectivity index (χ1n) is 8.98. The third-order valence-corrected chi connectivity index (χ3v) is 4.71. The van der Waals surface area contributed by atoms with E-state index in [9.17, 15) is 30.3 Å². The Labute approximate surface area is 196 Å². The van der Waals surface area contributed by atoms with Gasteiger partial charge in [0, 0.05) is 12.1 Å². The van der Waals surface area contributed by atoms with Gasteiger partial charge in [0.05, 0.1) is 26.6 Å². The summed E-state index contributed by atoms with van der Waals surface area (Å²) in [6.07, 6.45) is 1.38. The lowest BCUT2D eigenvalue weighted by Gasteiger charge is -2.14. The van der Waals surface area contributed by atoms with Crippen LogP contribution < -0.4 is 14.8 Å². The SMILES string of the molecule is COc1cc(/C=C(\C#N)C(=O)NC(C)C)cc(I)c1Oc1ccc([N+](=O)[O-])cc1[N+](=O)[O-]. The van der Waals surface area contributed by atoms with Gasteiger partial charge in [-0.25, -0.2) is 0 Å². The second-order valence-corrected chi connectivity index (χ2v) is 7.76. The van der Waals surface area contributed by atoms with Gasteiger partial charge in [0.1, 0.15) is 11.6 Å². The van der Waals surface area contributed by atoms with Gasteiger partial charge in [0.15, 0.2) is 11.5 Å². The summed E-state index contributed by atoms with van der Waals surface area (Å²) in [6, 6.07) is 7.80. The van der Waals surface area contributed by atoms with Gasteiger partial charge >= 0.3 is 5.69 Å². The maximum absolute atomic E-state index is 12.1. The number of hydrogen-bond donors (Lipinski definition) is 1. The van der Waals surface area contributed by atoms with Crippen molar-refractivity contribution in [1.82, 2.24) is 5.32 Å². The van der Waals surface area contributed by atoms with Crippen LogP contribution in [0.15, 0.2) is 35.9 Å². The molecular weight excluding hydrogens is 535 g/mol. The maximum Gasteiger partial charge on any atom is 0.318 e. The van der Waals surface area contributed by atoms with Gasteiger partial charge in [-0.2, -0.15) is 5.26 Å². The van der Waals surface area contributed by atoms with E-state index in [2.05, 4.69) is 5.32 Å². The van der Waals surface area contributed by atoms with Crippen molar-refractivity contribution in [3.63, 3.8) is 0 Å². The second kappa shape index (κ2) is 10.5. The normalized spacial score (nSPS) is 10.9. The fourth-order valence-corrected chi connectivity index (χ4v) is 3.27. The summed E-state index contributed by atoms with van der Waals surface area (Å²) >= 11 is 1.91. The lowest BCUT2D eigenvalue weighted by molar-refractivity contribution is -0.394. The highest BCUT2D eigenvalue weighted by atomic mass is 127. The van der Waals surface area contributed by atoms with Gasteiger partial charge in [-0.3, -0.25) is 25.0 Å². The van der Waals surface area contributed by atoms with Crippen LogP contribution in [-0.4, -0.2) is 28.9 Å². The van der Waals surface area contributed by atoms with E-state index in [1.165, 1.54) is 19.3 Å². The molecule has 1 N–H and O–H groups in total. The molecule has 0 saturated carbocycles. The molecule has 166 valence electrons. The molecule has 32 heavy (non-hydrogen) atoms. The van der Waals surface area contributed by atoms with Crippen molar-refractivity contribution >= 4 is 45.9 Å². The minimum Gasteiger partial charge on any atom is -0.493 e. The maximum atomic E-state index is 12.1. The summed E-state index contributed by atoms with van der Waals surface area (Å²) < 4.78 is 11.5. The van der Waals surface area contributed by atoms with Crippen molar-refractivity contribution < 1.29 is 24.1 Å². The Morgan fingerprint density at radius 1 is 1.19 bits per heavy atom. The lowest BCUT2D eigenvalue weighted by atomic mass is 10.1. The first-order chi connectivity index (χ1) is 15.1. The molecule has 0 heterocycles. The number of hydrogen-bond acceptors (Lipinski definition) is 8. The summed E-state index contributed by atoms with van der Waals surface area (Å²) in [5.41, 5.74) is -0.684. The number of nitrogens with one attached hydrogen (secondary N) is 1. The number of nitro benzene ring substituents is 2. The van der Waals surface area contributed by atoms with Gasteiger partial charge in [-0.1, -0.05) is 0 Å². The molecule has 0 bridgehead atoms. The highest BCUT2D eigenvalue weighted by Crippen LogP contribution is 2.41. The number of halogens is 1. The van der Waals surface area contributed by atoms with E-state index in [0.717, 1.165) is 18.2 Å². The quantitative estimate of drug-likeness (QED) is 0.167. The molecule has 0 aromatic heterocycles. The Morgan fingerprint density at radius 3 is 2.41 bits per heavy atom. The number of nitro groups is 2. The number of carbonyl (C=O) groups excluding carboxylic acids is 1. The number of nitrogens with zero attached hydrogens (tertiary/aromatic N) is 3. The van der Waals surface area contributed by atoms with Gasteiger partial charge in [-0.05, 0) is 66.3 Å². The molecule has 1 amide bonds. The van der Waals surface area contributed by atoms with Gasteiger partial charge < -0.3 is 14.8 Å². The van der Waals surface area contributed by atoms with E-state index in [0.29, 0.717) is 9.13 Å². The molecule has 12 heteroatoms. The number of nitriles is 1. The zero-order valence-electron chi connectivity index (χ0n) is 17.1. The zero-order chi connectivity index (χ0) is 24.0. The number of amides is 1. The summed E-state index contributed by atoms with van der Waals surface area (Å²) in [5, 5.41) is 34.2. The topological polar surface area (TPSA) is 158 Å². The molecule has 2 aromatic carbocycles. The second-order valence-electron chi connectivity index (χ2n) is 6.60. The van der Waals surface area contributed by atoms with Crippen molar-refractivity contribution in [2.45, 2.75) is 19.9 Å². The highest BCUT2D eigenvalue weighted by molar-refractivity contribution is 14.1. The Bertz CT molecular complexity index is 1160. The summed E-state index contributed by atoms with van der Waals surface area (Å²) in [5.74, 6) is -0.433. The van der Waals surface area contributed by atoms with Crippen LogP contribution in [0.5, 0.6) is 17.2 Å². The van der Waals surface area contributed by atoms with Crippen molar-refractivity contribution in [2.24, 2.45) is 0 Å². The number of rotatable bonds is 8. The van der Waals surface area contributed by atoms with Crippen molar-refractivity contribution in [1.29, 1.82) is 5.26 Å². The molecule has 0 saturated heterocycles. The number of ether oxygens (including phenoxy) is 2. The van der Waals surface area contributed by atoms with Crippen molar-refractivity contribution in [2.75, 3.05) is 7.11 Å². The lowest BCUT2D eigenvalue weighted by Crippen LogP contribution is -2.30. The molecular formula is C20H17IN4O7. The van der Waals surface area contributed by atoms with Crippen molar-refractivity contribution in [3.05, 3.63) is 65.3 Å². The molecule has 0 fully saturated rings. The minimum atomic E-state index is -0.786. The predicted molar refractivity (Wildman–Crippen MR) is 122 cm³/mol. The van der Waals surface area contributed by atoms with Crippen LogP contribution in [0, 0.1) is 35.1 Å². The van der Waals surface area contributed by atoms with E-state index >= 15 is 0 Å². The van der Waals surface area contributed by atoms with Gasteiger partial charge in [0.2, 0.25) is 5.75 Å². The zero-order valence-corrected chi connectivity index (χ0v) is 19.3. The summed E-state index contributed by atoms with van der Waals surface area (Å²) in [7, 11) is 1.35. The summed E-state index contributed by atoms with van der Waals surface area (Å²) in [4.78, 5) is 32.9. The Balaban J connectivity index is 2.49. The molecule has 11 nitrogen and oxygen atoms in total. The first-order valence-corrected chi connectivity index (χ1v) is 10.1.